The van der Waals surface area contributed by atoms with Crippen LogP contribution in [0.25, 0.3) is 0 Å². The molecule has 0 aliphatic rings. The van der Waals surface area contributed by atoms with Gasteiger partial charge in [-0.15, -0.1) is 0 Å². The zero-order chi connectivity index (χ0) is 8.24. The van der Waals surface area contributed by atoms with Crippen molar-refractivity contribution in [1.29, 1.82) is 0 Å². The topological polar surface area (TPSA) is 49.7 Å². The number of hydrogen-bond acceptors (Lipinski definition) is 3. The number of methoxy groups -OCH3 is 1. The standard InChI is InChI=1S/C4H10O2.C3H8O/c5-3-1-2-4-6;1-3-4-2/h5-6H,1-4H2;3H2,1-2H3. The van der Waals surface area contributed by atoms with Gasteiger partial charge in [-0.05, 0) is 19.8 Å². The van der Waals surface area contributed by atoms with Crippen molar-refractivity contribution in [1.82, 2.24) is 0 Å². The molecule has 0 spiro atoms. The Kier molecular flexibility index (Phi) is 20.0. The van der Waals surface area contributed by atoms with Gasteiger partial charge in [-0.25, -0.2) is 0 Å². The van der Waals surface area contributed by atoms with E-state index in [1.54, 1.807) is 7.11 Å². The second kappa shape index (κ2) is 15.9. The fraction of sp³-hybridized carbons (Fsp3) is 1.00. The predicted molar refractivity (Wildman–Crippen MR) is 41.0 cm³/mol. The van der Waals surface area contributed by atoms with Gasteiger partial charge in [0.15, 0.2) is 0 Å². The summed E-state index contributed by atoms with van der Waals surface area (Å²) in [6, 6.07) is 0. The van der Waals surface area contributed by atoms with E-state index in [2.05, 4.69) is 4.74 Å². The largest absolute Gasteiger partial charge is 0.396 e. The van der Waals surface area contributed by atoms with Gasteiger partial charge in [0.2, 0.25) is 0 Å². The van der Waals surface area contributed by atoms with Crippen molar-refractivity contribution >= 4 is 0 Å². The third kappa shape index (κ3) is 24.8. The minimum Gasteiger partial charge on any atom is -0.396 e. The van der Waals surface area contributed by atoms with Crippen LogP contribution in [0.15, 0.2) is 0 Å². The summed E-state index contributed by atoms with van der Waals surface area (Å²) in [6.45, 7) is 3.17. The van der Waals surface area contributed by atoms with Crippen LogP contribution >= 0.6 is 0 Å². The average Bonchev–Trinajstić information content (AvgIpc) is 2.01. The maximum Gasteiger partial charge on any atom is 0.0433 e. The Morgan fingerprint density at radius 2 is 1.40 bits per heavy atom. The Balaban J connectivity index is 0. The second-order valence-electron chi connectivity index (χ2n) is 1.73. The number of aliphatic hydroxyl groups is 2. The third-order valence-electron chi connectivity index (χ3n) is 0.855. The lowest BCUT2D eigenvalue weighted by Gasteiger charge is -1.85. The summed E-state index contributed by atoms with van der Waals surface area (Å²) in [5, 5.41) is 16.2. The van der Waals surface area contributed by atoms with Crippen molar-refractivity contribution < 1.29 is 14.9 Å². The van der Waals surface area contributed by atoms with E-state index >= 15 is 0 Å². The summed E-state index contributed by atoms with van der Waals surface area (Å²) in [5.41, 5.74) is 0. The van der Waals surface area contributed by atoms with Gasteiger partial charge in [0.1, 0.15) is 0 Å². The molecule has 0 bridgehead atoms. The monoisotopic (exact) mass is 150 g/mol. The maximum atomic E-state index is 8.09. The van der Waals surface area contributed by atoms with Gasteiger partial charge < -0.3 is 14.9 Å². The van der Waals surface area contributed by atoms with Crippen molar-refractivity contribution in [3.05, 3.63) is 0 Å². The Morgan fingerprint density at radius 3 is 1.50 bits per heavy atom. The molecule has 0 unspecified atom stereocenters. The molecule has 0 saturated heterocycles. The van der Waals surface area contributed by atoms with E-state index in [9.17, 15) is 0 Å². The van der Waals surface area contributed by atoms with E-state index in [4.69, 9.17) is 10.2 Å². The summed E-state index contributed by atoms with van der Waals surface area (Å²) >= 11 is 0. The Bertz CT molecular complexity index is 33.8. The van der Waals surface area contributed by atoms with Crippen LogP contribution in [0.3, 0.4) is 0 Å². The Morgan fingerprint density at radius 1 is 1.10 bits per heavy atom. The van der Waals surface area contributed by atoms with Crippen molar-refractivity contribution in [2.45, 2.75) is 19.8 Å². The highest BCUT2D eigenvalue weighted by atomic mass is 16.5. The molecule has 0 aliphatic heterocycles. The molecule has 0 aromatic heterocycles. The molecule has 0 aromatic carbocycles. The fourth-order valence-electron chi connectivity index (χ4n) is 0.224. The first kappa shape index (κ1) is 12.5. The molecular formula is C7H18O3. The average molecular weight is 150 g/mol. The molecule has 0 heterocycles. The summed E-state index contributed by atoms with van der Waals surface area (Å²) in [4.78, 5) is 0. The normalized spacial score (nSPS) is 8.40. The van der Waals surface area contributed by atoms with Gasteiger partial charge in [-0.1, -0.05) is 0 Å². The van der Waals surface area contributed by atoms with Crippen LogP contribution in [0.5, 0.6) is 0 Å². The molecule has 3 heteroatoms. The maximum absolute atomic E-state index is 8.09. The van der Waals surface area contributed by atoms with Gasteiger partial charge >= 0.3 is 0 Å². The van der Waals surface area contributed by atoms with Crippen LogP contribution in [0.4, 0.5) is 0 Å². The number of rotatable bonds is 4. The summed E-state index contributed by atoms with van der Waals surface area (Å²) in [6.07, 6.45) is 1.44. The van der Waals surface area contributed by atoms with Crippen LogP contribution in [-0.2, 0) is 4.74 Å². The van der Waals surface area contributed by atoms with Gasteiger partial charge in [0, 0.05) is 26.9 Å². The lowest BCUT2D eigenvalue weighted by Crippen LogP contribution is -1.85. The van der Waals surface area contributed by atoms with Gasteiger partial charge in [0.05, 0.1) is 0 Å². The van der Waals surface area contributed by atoms with E-state index in [0.29, 0.717) is 0 Å². The van der Waals surface area contributed by atoms with E-state index in [0.717, 1.165) is 19.4 Å². The summed E-state index contributed by atoms with van der Waals surface area (Å²) in [7, 11) is 1.68. The van der Waals surface area contributed by atoms with Crippen LogP contribution in [0.1, 0.15) is 19.8 Å². The number of aliphatic hydroxyl groups excluding tert-OH is 2. The zero-order valence-corrected chi connectivity index (χ0v) is 6.84. The van der Waals surface area contributed by atoms with Crippen LogP contribution in [0, 0.1) is 0 Å². The second-order valence-corrected chi connectivity index (χ2v) is 1.73. The van der Waals surface area contributed by atoms with Crippen LogP contribution < -0.4 is 0 Å². The van der Waals surface area contributed by atoms with Crippen LogP contribution in [-0.4, -0.2) is 37.1 Å². The SMILES string of the molecule is CCOC.OCCCCO. The minimum absolute atomic E-state index is 0.195. The first-order valence-corrected chi connectivity index (χ1v) is 3.54. The first-order chi connectivity index (χ1) is 4.83. The van der Waals surface area contributed by atoms with E-state index in [1.807, 2.05) is 6.92 Å². The van der Waals surface area contributed by atoms with Crippen molar-refractivity contribution in [3.63, 3.8) is 0 Å². The third-order valence-corrected chi connectivity index (χ3v) is 0.855. The Labute approximate surface area is 62.6 Å². The molecule has 0 atom stereocenters. The van der Waals surface area contributed by atoms with E-state index < -0.39 is 0 Å². The molecule has 0 aromatic rings. The molecule has 0 radical (unpaired) electrons. The highest BCUT2D eigenvalue weighted by Crippen LogP contribution is 1.80. The predicted octanol–water partition coefficient (Wildman–Crippen LogP) is 0.404. The fourth-order valence-corrected chi connectivity index (χ4v) is 0.224. The molecule has 0 rings (SSSR count). The number of unbranched alkanes of at least 4 members (excludes halogenated alkanes) is 1. The highest BCUT2D eigenvalue weighted by Gasteiger charge is 1.77. The van der Waals surface area contributed by atoms with Crippen molar-refractivity contribution in [2.24, 2.45) is 0 Å². The highest BCUT2D eigenvalue weighted by molar-refractivity contribution is 4.30. The minimum atomic E-state index is 0.195. The van der Waals surface area contributed by atoms with Gasteiger partial charge in [-0.2, -0.15) is 0 Å². The summed E-state index contributed by atoms with van der Waals surface area (Å²) < 4.78 is 4.54. The number of hydrogen-bond donors (Lipinski definition) is 2. The molecule has 10 heavy (non-hydrogen) atoms. The molecule has 0 aliphatic carbocycles. The molecular weight excluding hydrogens is 132 g/mol. The van der Waals surface area contributed by atoms with Crippen molar-refractivity contribution in [2.75, 3.05) is 26.9 Å². The quantitative estimate of drug-likeness (QED) is 0.570. The smallest absolute Gasteiger partial charge is 0.0433 e. The number of ether oxygens (including phenoxy) is 1. The van der Waals surface area contributed by atoms with Crippen LogP contribution in [0.2, 0.25) is 0 Å². The molecule has 2 N–H and O–H groups in total. The first-order valence-electron chi connectivity index (χ1n) is 3.54. The lowest BCUT2D eigenvalue weighted by molar-refractivity contribution is 0.215. The van der Waals surface area contributed by atoms with E-state index in [1.165, 1.54) is 0 Å². The summed E-state index contributed by atoms with van der Waals surface area (Å²) in [5.74, 6) is 0. The van der Waals surface area contributed by atoms with Gasteiger partial charge in [-0.3, -0.25) is 0 Å². The molecule has 3 nitrogen and oxygen atoms in total. The van der Waals surface area contributed by atoms with Crippen molar-refractivity contribution in [3.8, 4) is 0 Å². The van der Waals surface area contributed by atoms with E-state index in [-0.39, 0.29) is 13.2 Å². The lowest BCUT2D eigenvalue weighted by atomic mass is 10.3. The zero-order valence-electron chi connectivity index (χ0n) is 6.84. The van der Waals surface area contributed by atoms with Gasteiger partial charge in [0.25, 0.3) is 0 Å². The molecule has 64 valence electrons. The Hall–Kier alpha value is -0.120. The molecule has 0 amide bonds. The molecule has 0 saturated carbocycles. The molecule has 0 fully saturated rings.